The Balaban J connectivity index is 1.61. The van der Waals surface area contributed by atoms with Crippen LogP contribution in [0.3, 0.4) is 0 Å². The highest BCUT2D eigenvalue weighted by atomic mass is 19.4. The Hall–Kier alpha value is -2.87. The number of nitrogens with one attached hydrogen (secondary N) is 1. The molecule has 1 aliphatic rings. The number of nitrogens with zero attached hydrogens (tertiary/aromatic N) is 2. The van der Waals surface area contributed by atoms with Gasteiger partial charge in [0.2, 0.25) is 5.91 Å². The maximum Gasteiger partial charge on any atom is 0.416 e. The van der Waals surface area contributed by atoms with Gasteiger partial charge in [-0.3, -0.25) is 4.79 Å². The van der Waals surface area contributed by atoms with Crippen molar-refractivity contribution in [3.63, 3.8) is 0 Å². The number of amides is 1. The van der Waals surface area contributed by atoms with E-state index in [1.165, 1.54) is 24.3 Å². The third kappa shape index (κ3) is 5.32. The Morgan fingerprint density at radius 1 is 1.21 bits per heavy atom. The number of halogens is 3. The molecule has 0 unspecified atom stereocenters. The summed E-state index contributed by atoms with van der Waals surface area (Å²) < 4.78 is 43.6. The zero-order chi connectivity index (χ0) is 20.0. The lowest BCUT2D eigenvalue weighted by Crippen LogP contribution is -2.37. The zero-order valence-corrected chi connectivity index (χ0v) is 15.1. The summed E-state index contributed by atoms with van der Waals surface area (Å²) in [5, 5.41) is 2.75. The second-order valence-corrected chi connectivity index (χ2v) is 6.26. The first kappa shape index (κ1) is 19.9. The number of anilines is 1. The molecule has 1 saturated heterocycles. The minimum Gasteiger partial charge on any atom is -0.378 e. The Bertz CT molecular complexity index is 847. The Morgan fingerprint density at radius 3 is 2.75 bits per heavy atom. The fourth-order valence-electron chi connectivity index (χ4n) is 2.86. The van der Waals surface area contributed by atoms with Gasteiger partial charge in [0.05, 0.1) is 18.8 Å². The van der Waals surface area contributed by atoms with Crippen molar-refractivity contribution in [1.29, 1.82) is 0 Å². The molecular formula is C20H20F3N3O2. The van der Waals surface area contributed by atoms with Gasteiger partial charge in [-0.2, -0.15) is 13.2 Å². The Kier molecular flexibility index (Phi) is 6.30. The molecule has 1 N–H and O–H groups in total. The monoisotopic (exact) mass is 391 g/mol. The average Bonchev–Trinajstić information content (AvgIpc) is 2.71. The molecule has 0 bridgehead atoms. The molecule has 1 aromatic carbocycles. The van der Waals surface area contributed by atoms with E-state index in [-0.39, 0.29) is 6.54 Å². The third-order valence-electron chi connectivity index (χ3n) is 4.27. The van der Waals surface area contributed by atoms with Crippen LogP contribution in [0.5, 0.6) is 0 Å². The van der Waals surface area contributed by atoms with E-state index in [2.05, 4.69) is 15.2 Å². The zero-order valence-electron chi connectivity index (χ0n) is 15.1. The van der Waals surface area contributed by atoms with Crippen molar-refractivity contribution in [2.45, 2.75) is 12.7 Å². The highest BCUT2D eigenvalue weighted by Gasteiger charge is 2.30. The number of aromatic nitrogens is 1. The van der Waals surface area contributed by atoms with Gasteiger partial charge < -0.3 is 15.0 Å². The van der Waals surface area contributed by atoms with Crippen LogP contribution in [0.4, 0.5) is 19.0 Å². The van der Waals surface area contributed by atoms with Crippen molar-refractivity contribution in [2.24, 2.45) is 0 Å². The SMILES string of the molecule is O=C(/C=C/c1cccc(C(F)(F)F)c1)NCc1cccnc1N1CCOCC1. The number of hydrogen-bond donors (Lipinski definition) is 1. The fourth-order valence-corrected chi connectivity index (χ4v) is 2.86. The second-order valence-electron chi connectivity index (χ2n) is 6.26. The molecule has 1 aromatic heterocycles. The van der Waals surface area contributed by atoms with Crippen molar-refractivity contribution >= 4 is 17.8 Å². The predicted octanol–water partition coefficient (Wildman–Crippen LogP) is 3.27. The van der Waals surface area contributed by atoms with Crippen LogP contribution in [0.1, 0.15) is 16.7 Å². The van der Waals surface area contributed by atoms with E-state index in [1.54, 1.807) is 12.3 Å². The van der Waals surface area contributed by atoms with E-state index in [4.69, 9.17) is 4.74 Å². The smallest absolute Gasteiger partial charge is 0.378 e. The van der Waals surface area contributed by atoms with E-state index < -0.39 is 17.6 Å². The first-order valence-electron chi connectivity index (χ1n) is 8.83. The van der Waals surface area contributed by atoms with Crippen molar-refractivity contribution < 1.29 is 22.7 Å². The molecule has 0 radical (unpaired) electrons. The van der Waals surface area contributed by atoms with Crippen LogP contribution in [0.25, 0.3) is 6.08 Å². The average molecular weight is 391 g/mol. The number of benzene rings is 1. The summed E-state index contributed by atoms with van der Waals surface area (Å²) in [5.74, 6) is 0.405. The number of carbonyl (C=O) groups excluding carboxylic acids is 1. The number of rotatable bonds is 5. The predicted molar refractivity (Wildman–Crippen MR) is 99.6 cm³/mol. The molecule has 8 heteroatoms. The molecule has 28 heavy (non-hydrogen) atoms. The van der Waals surface area contributed by atoms with Crippen LogP contribution < -0.4 is 10.2 Å². The topological polar surface area (TPSA) is 54.5 Å². The maximum absolute atomic E-state index is 12.7. The quantitative estimate of drug-likeness (QED) is 0.795. The van der Waals surface area contributed by atoms with E-state index >= 15 is 0 Å². The summed E-state index contributed by atoms with van der Waals surface area (Å²) >= 11 is 0. The van der Waals surface area contributed by atoms with Gasteiger partial charge in [0.25, 0.3) is 0 Å². The molecule has 1 fully saturated rings. The van der Waals surface area contributed by atoms with Gasteiger partial charge in [-0.1, -0.05) is 18.2 Å². The van der Waals surface area contributed by atoms with Gasteiger partial charge in [-0.15, -0.1) is 0 Å². The van der Waals surface area contributed by atoms with E-state index in [0.717, 1.165) is 36.6 Å². The summed E-state index contributed by atoms with van der Waals surface area (Å²) in [5.41, 5.74) is 0.422. The largest absolute Gasteiger partial charge is 0.416 e. The molecule has 3 rings (SSSR count). The first-order chi connectivity index (χ1) is 13.4. The van der Waals surface area contributed by atoms with E-state index in [9.17, 15) is 18.0 Å². The van der Waals surface area contributed by atoms with Gasteiger partial charge in [-0.25, -0.2) is 4.98 Å². The normalized spacial score (nSPS) is 15.0. The molecule has 1 aliphatic heterocycles. The van der Waals surface area contributed by atoms with Gasteiger partial charge in [-0.05, 0) is 29.8 Å². The molecule has 1 amide bonds. The minimum atomic E-state index is -4.41. The van der Waals surface area contributed by atoms with Crippen LogP contribution in [-0.2, 0) is 22.3 Å². The lowest BCUT2D eigenvalue weighted by Gasteiger charge is -2.29. The summed E-state index contributed by atoms with van der Waals surface area (Å²) in [4.78, 5) is 18.6. The summed E-state index contributed by atoms with van der Waals surface area (Å²) in [6.07, 6.45) is -0.136. The van der Waals surface area contributed by atoms with Crippen LogP contribution in [0.2, 0.25) is 0 Å². The third-order valence-corrected chi connectivity index (χ3v) is 4.27. The van der Waals surface area contributed by atoms with Crippen LogP contribution in [-0.4, -0.2) is 37.2 Å². The number of carbonyl (C=O) groups is 1. The molecule has 5 nitrogen and oxygen atoms in total. The number of hydrogen-bond acceptors (Lipinski definition) is 4. The summed E-state index contributed by atoms with van der Waals surface area (Å²) in [6, 6.07) is 8.49. The van der Waals surface area contributed by atoms with Crippen LogP contribution >= 0.6 is 0 Å². The number of alkyl halides is 3. The lowest BCUT2D eigenvalue weighted by atomic mass is 10.1. The number of ether oxygens (including phenoxy) is 1. The molecular weight excluding hydrogens is 371 g/mol. The molecule has 148 valence electrons. The highest BCUT2D eigenvalue weighted by Crippen LogP contribution is 2.29. The Labute approximate surface area is 160 Å². The summed E-state index contributed by atoms with van der Waals surface area (Å²) in [6.45, 7) is 2.98. The van der Waals surface area contributed by atoms with E-state index in [0.29, 0.717) is 18.8 Å². The molecule has 2 heterocycles. The number of pyridine rings is 1. The Morgan fingerprint density at radius 2 is 2.00 bits per heavy atom. The first-order valence-corrected chi connectivity index (χ1v) is 8.83. The van der Waals surface area contributed by atoms with Gasteiger partial charge >= 0.3 is 6.18 Å². The van der Waals surface area contributed by atoms with Gasteiger partial charge in [0.15, 0.2) is 0 Å². The number of morpholine rings is 1. The standard InChI is InChI=1S/C20H20F3N3O2/c21-20(22,23)17-5-1-3-15(13-17)6-7-18(27)25-14-16-4-2-8-24-19(16)26-9-11-28-12-10-26/h1-8,13H,9-12,14H2,(H,25,27)/b7-6+. The van der Waals surface area contributed by atoms with Crippen molar-refractivity contribution in [2.75, 3.05) is 31.2 Å². The molecule has 2 aromatic rings. The van der Waals surface area contributed by atoms with Crippen molar-refractivity contribution in [3.05, 3.63) is 65.4 Å². The van der Waals surface area contributed by atoms with Gasteiger partial charge in [0, 0.05) is 37.5 Å². The molecule has 0 atom stereocenters. The highest BCUT2D eigenvalue weighted by molar-refractivity contribution is 5.91. The second kappa shape index (κ2) is 8.88. The van der Waals surface area contributed by atoms with Crippen LogP contribution in [0, 0.1) is 0 Å². The minimum absolute atomic E-state index is 0.270. The summed E-state index contributed by atoms with van der Waals surface area (Å²) in [7, 11) is 0. The lowest BCUT2D eigenvalue weighted by molar-refractivity contribution is -0.137. The molecule has 0 aliphatic carbocycles. The van der Waals surface area contributed by atoms with E-state index in [1.807, 2.05) is 6.07 Å². The van der Waals surface area contributed by atoms with Crippen LogP contribution in [0.15, 0.2) is 48.7 Å². The molecule has 0 spiro atoms. The van der Waals surface area contributed by atoms with Crippen molar-refractivity contribution in [1.82, 2.24) is 10.3 Å². The van der Waals surface area contributed by atoms with Gasteiger partial charge in [0.1, 0.15) is 5.82 Å². The maximum atomic E-state index is 12.7. The fraction of sp³-hybridized carbons (Fsp3) is 0.300. The van der Waals surface area contributed by atoms with Crippen molar-refractivity contribution in [3.8, 4) is 0 Å². The molecule has 0 saturated carbocycles.